The molecule has 2 aromatic rings. The molecule has 0 unspecified atom stereocenters. The van der Waals surface area contributed by atoms with Crippen molar-refractivity contribution in [2.24, 2.45) is 0 Å². The summed E-state index contributed by atoms with van der Waals surface area (Å²) in [5, 5.41) is 0. The zero-order valence-electron chi connectivity index (χ0n) is 9.41. The van der Waals surface area contributed by atoms with Gasteiger partial charge in [0.1, 0.15) is 8.39 Å². The second kappa shape index (κ2) is 7.04. The molecule has 0 N–H and O–H groups in total. The van der Waals surface area contributed by atoms with Crippen molar-refractivity contribution in [1.82, 2.24) is 0 Å². The van der Waals surface area contributed by atoms with Gasteiger partial charge in [0.15, 0.2) is 0 Å². The van der Waals surface area contributed by atoms with Gasteiger partial charge in [-0.15, -0.1) is 0 Å². The summed E-state index contributed by atoms with van der Waals surface area (Å²) in [5.74, 6) is 0. The van der Waals surface area contributed by atoms with Gasteiger partial charge >= 0.3 is 0 Å². The average molecular weight is 307 g/mol. The van der Waals surface area contributed by atoms with Gasteiger partial charge in [0.05, 0.1) is 0 Å². The molecule has 0 spiro atoms. The molecule has 0 aliphatic carbocycles. The molecule has 0 fully saturated rings. The predicted octanol–water partition coefficient (Wildman–Crippen LogP) is 5.23. The maximum atomic E-state index is 5.36. The fraction of sp³-hybridized carbons (Fsp3) is 0. The molecule has 18 heavy (non-hydrogen) atoms. The van der Waals surface area contributed by atoms with Gasteiger partial charge in [0.2, 0.25) is 0 Å². The molecule has 0 bridgehead atoms. The van der Waals surface area contributed by atoms with Crippen molar-refractivity contribution in [2.45, 2.75) is 9.79 Å². The largest absolute Gasteiger partial charge is 0.100 e. The summed E-state index contributed by atoms with van der Waals surface area (Å²) in [6.45, 7) is 0. The van der Waals surface area contributed by atoms with Crippen molar-refractivity contribution in [3.8, 4) is 0 Å². The number of hydrogen-bond donors (Lipinski definition) is 0. The maximum Gasteiger partial charge on any atom is 0.100 e. The van der Waals surface area contributed by atoms with Gasteiger partial charge in [-0.3, -0.25) is 0 Å². The molecule has 0 heterocycles. The third kappa shape index (κ3) is 4.21. The quantitative estimate of drug-likeness (QED) is 0.550. The molecule has 0 saturated heterocycles. The Hall–Kier alpha value is -0.680. The lowest BCUT2D eigenvalue weighted by atomic mass is 10.4. The summed E-state index contributed by atoms with van der Waals surface area (Å²) in [6, 6.07) is 20.1. The highest BCUT2D eigenvalue weighted by molar-refractivity contribution is 8.37. The summed E-state index contributed by atoms with van der Waals surface area (Å²) in [5.41, 5.74) is 0. The number of thioether (sulfide) groups is 2. The first kappa shape index (κ1) is 13.7. The minimum absolute atomic E-state index is 0.755. The number of benzene rings is 2. The molecular weight excluding hydrogens is 296 g/mol. The lowest BCUT2D eigenvalue weighted by Gasteiger charge is -2.05. The van der Waals surface area contributed by atoms with E-state index >= 15 is 0 Å². The minimum atomic E-state index is 0.755. The predicted molar refractivity (Wildman–Crippen MR) is 89.8 cm³/mol. The third-order valence-electron chi connectivity index (χ3n) is 2.07. The fourth-order valence-corrected chi connectivity index (χ4v) is 3.53. The van der Waals surface area contributed by atoms with Crippen molar-refractivity contribution < 1.29 is 0 Å². The fourth-order valence-electron chi connectivity index (χ4n) is 1.27. The highest BCUT2D eigenvalue weighted by Gasteiger charge is 2.08. The summed E-state index contributed by atoms with van der Waals surface area (Å²) in [7, 11) is 0. The van der Waals surface area contributed by atoms with E-state index < -0.39 is 0 Å². The van der Waals surface area contributed by atoms with Crippen molar-refractivity contribution in [3.05, 3.63) is 60.7 Å². The Morgan fingerprint density at radius 3 is 1.28 bits per heavy atom. The molecule has 2 aromatic carbocycles. The Balaban J connectivity index is 1.96. The van der Waals surface area contributed by atoms with E-state index in [9.17, 15) is 0 Å². The normalized spacial score (nSPS) is 10.0. The number of hydrogen-bond acceptors (Lipinski definition) is 4. The smallest absolute Gasteiger partial charge is 0.0763 e. The molecule has 0 atom stereocenters. The zero-order chi connectivity index (χ0) is 12.8. The van der Waals surface area contributed by atoms with E-state index in [1.54, 1.807) is 23.5 Å². The van der Waals surface area contributed by atoms with Gasteiger partial charge in [0.25, 0.3) is 0 Å². The summed E-state index contributed by atoms with van der Waals surface area (Å²) in [6.07, 6.45) is 0. The van der Waals surface area contributed by atoms with Gasteiger partial charge < -0.3 is 0 Å². The molecule has 0 radical (unpaired) electrons. The van der Waals surface area contributed by atoms with Gasteiger partial charge in [-0.25, -0.2) is 0 Å². The monoisotopic (exact) mass is 306 g/mol. The molecule has 0 saturated carbocycles. The molecule has 0 amide bonds. The third-order valence-corrected chi connectivity index (χ3v) is 5.29. The van der Waals surface area contributed by atoms with Crippen LogP contribution in [0.1, 0.15) is 0 Å². The van der Waals surface area contributed by atoms with Crippen LogP contribution < -0.4 is 0 Å². The van der Waals surface area contributed by atoms with Gasteiger partial charge in [-0.05, 0) is 24.3 Å². The lowest BCUT2D eigenvalue weighted by molar-refractivity contribution is 1.48. The van der Waals surface area contributed by atoms with Crippen molar-refractivity contribution in [2.75, 3.05) is 0 Å². The molecular formula is C14H10S4. The first-order valence-electron chi connectivity index (χ1n) is 5.30. The molecule has 2 rings (SSSR count). The number of rotatable bonds is 2. The van der Waals surface area contributed by atoms with E-state index in [1.807, 2.05) is 60.7 Å². The Bertz CT molecular complexity index is 483. The van der Waals surface area contributed by atoms with Crippen LogP contribution in [0.15, 0.2) is 70.5 Å². The minimum Gasteiger partial charge on any atom is -0.0763 e. The van der Waals surface area contributed by atoms with Crippen LogP contribution in [-0.4, -0.2) is 8.39 Å². The molecule has 90 valence electrons. The zero-order valence-corrected chi connectivity index (χ0v) is 12.7. The van der Waals surface area contributed by atoms with Crippen LogP contribution >= 0.6 is 48.0 Å². The van der Waals surface area contributed by atoms with Crippen LogP contribution in [0.5, 0.6) is 0 Å². The van der Waals surface area contributed by atoms with E-state index in [2.05, 4.69) is 0 Å². The molecule has 0 aromatic heterocycles. The molecule has 4 heteroatoms. The van der Waals surface area contributed by atoms with E-state index in [4.69, 9.17) is 24.4 Å². The van der Waals surface area contributed by atoms with Crippen LogP contribution in [0.3, 0.4) is 0 Å². The van der Waals surface area contributed by atoms with E-state index in [0.717, 1.165) is 18.2 Å². The van der Waals surface area contributed by atoms with Crippen LogP contribution in [0.25, 0.3) is 0 Å². The van der Waals surface area contributed by atoms with Crippen molar-refractivity contribution in [3.63, 3.8) is 0 Å². The number of thiocarbonyl (C=S) groups is 2. The first-order valence-corrected chi connectivity index (χ1v) is 7.75. The van der Waals surface area contributed by atoms with Gasteiger partial charge in [-0.2, -0.15) is 0 Å². The Labute approximate surface area is 126 Å². The Kier molecular flexibility index (Phi) is 5.38. The second-order valence-electron chi connectivity index (χ2n) is 3.41. The maximum absolute atomic E-state index is 5.36. The van der Waals surface area contributed by atoms with Crippen LogP contribution in [0, 0.1) is 0 Å². The highest BCUT2D eigenvalue weighted by atomic mass is 32.2. The summed E-state index contributed by atoms with van der Waals surface area (Å²) < 4.78 is 1.51. The second-order valence-corrected chi connectivity index (χ2v) is 6.91. The highest BCUT2D eigenvalue weighted by Crippen LogP contribution is 2.27. The molecule has 0 nitrogen and oxygen atoms in total. The van der Waals surface area contributed by atoms with Gasteiger partial charge in [-0.1, -0.05) is 84.4 Å². The first-order chi connectivity index (χ1) is 8.75. The van der Waals surface area contributed by atoms with E-state index in [-0.39, 0.29) is 0 Å². The molecule has 0 aliphatic heterocycles. The lowest BCUT2D eigenvalue weighted by Crippen LogP contribution is -1.99. The van der Waals surface area contributed by atoms with Crippen LogP contribution in [0.2, 0.25) is 0 Å². The SMILES string of the molecule is S=C(Sc1ccccc1)C(=S)Sc1ccccc1. The summed E-state index contributed by atoms with van der Waals surface area (Å²) >= 11 is 13.8. The van der Waals surface area contributed by atoms with E-state index in [0.29, 0.717) is 0 Å². The van der Waals surface area contributed by atoms with Crippen molar-refractivity contribution in [1.29, 1.82) is 0 Å². The topological polar surface area (TPSA) is 0 Å². The Morgan fingerprint density at radius 1 is 0.611 bits per heavy atom. The van der Waals surface area contributed by atoms with Crippen molar-refractivity contribution >= 4 is 56.4 Å². The molecule has 0 aliphatic rings. The standard InChI is InChI=1S/C14H10S4/c15-13(17-11-7-3-1-4-8-11)14(16)18-12-9-5-2-6-10-12/h1-10H. The van der Waals surface area contributed by atoms with Crippen LogP contribution in [-0.2, 0) is 0 Å². The average Bonchev–Trinajstić information content (AvgIpc) is 2.41. The van der Waals surface area contributed by atoms with Gasteiger partial charge in [0, 0.05) is 9.79 Å². The Morgan fingerprint density at radius 2 is 0.944 bits per heavy atom. The van der Waals surface area contributed by atoms with Crippen LogP contribution in [0.4, 0.5) is 0 Å². The van der Waals surface area contributed by atoms with E-state index in [1.165, 1.54) is 0 Å². The summed E-state index contributed by atoms with van der Waals surface area (Å²) in [4.78, 5) is 2.25.